The molecule has 0 spiro atoms. The summed E-state index contributed by atoms with van der Waals surface area (Å²) in [6, 6.07) is -0.248. The third-order valence-corrected chi connectivity index (χ3v) is 8.22. The summed E-state index contributed by atoms with van der Waals surface area (Å²) in [4.78, 5) is 23.6. The fourth-order valence-electron chi connectivity index (χ4n) is 6.79. The molecule has 208 valence electrons. The number of nitrogens with one attached hydrogen (secondary N) is 2. The van der Waals surface area contributed by atoms with Crippen molar-refractivity contribution >= 4 is 12.2 Å². The molecule has 4 saturated carbocycles. The lowest BCUT2D eigenvalue weighted by Gasteiger charge is -2.38. The van der Waals surface area contributed by atoms with Crippen molar-refractivity contribution in [3.05, 3.63) is 0 Å². The van der Waals surface area contributed by atoms with E-state index in [-0.39, 0.29) is 12.1 Å². The van der Waals surface area contributed by atoms with Gasteiger partial charge in [-0.3, -0.25) is 0 Å². The summed E-state index contributed by atoms with van der Waals surface area (Å²) in [5.74, 6) is 2.21. The summed E-state index contributed by atoms with van der Waals surface area (Å²) in [7, 11) is 0. The molecule has 8 nitrogen and oxygen atoms in total. The molecule has 0 heterocycles. The summed E-state index contributed by atoms with van der Waals surface area (Å²) in [5, 5.41) is 26.0. The molecule has 8 heteroatoms. The van der Waals surface area contributed by atoms with Crippen LogP contribution in [0.5, 0.6) is 0 Å². The number of rotatable bonds is 2. The predicted octanol–water partition coefficient (Wildman–Crippen LogP) is 4.90. The van der Waals surface area contributed by atoms with Gasteiger partial charge in [0.2, 0.25) is 0 Å². The molecule has 4 aliphatic carbocycles. The molecule has 4 aliphatic rings. The van der Waals surface area contributed by atoms with Crippen molar-refractivity contribution < 1.29 is 29.3 Å². The Morgan fingerprint density at radius 2 is 0.972 bits per heavy atom. The molecule has 0 radical (unpaired) electrons. The Kier molecular flexibility index (Phi) is 9.58. The molecular formula is C28H50N2O6. The van der Waals surface area contributed by atoms with Crippen molar-refractivity contribution in [2.24, 2.45) is 23.7 Å². The lowest BCUT2D eigenvalue weighted by molar-refractivity contribution is 0.0152. The fourth-order valence-corrected chi connectivity index (χ4v) is 6.79. The summed E-state index contributed by atoms with van der Waals surface area (Å²) in [5.41, 5.74) is -0.975. The molecule has 0 aromatic carbocycles. The minimum Gasteiger partial charge on any atom is -0.444 e. The van der Waals surface area contributed by atoms with Gasteiger partial charge in [0.15, 0.2) is 0 Å². The van der Waals surface area contributed by atoms with Gasteiger partial charge in [-0.2, -0.15) is 0 Å². The minimum atomic E-state index is -0.487. The highest BCUT2D eigenvalue weighted by atomic mass is 16.6. The molecule has 0 bridgehead atoms. The second kappa shape index (κ2) is 11.9. The zero-order chi connectivity index (χ0) is 26.7. The van der Waals surface area contributed by atoms with Crippen LogP contribution in [-0.4, -0.2) is 57.9 Å². The maximum atomic E-state index is 11.8. The second-order valence-electron chi connectivity index (χ2n) is 13.3. The molecule has 0 unspecified atom stereocenters. The monoisotopic (exact) mass is 510 g/mol. The highest BCUT2D eigenvalue weighted by molar-refractivity contribution is 5.68. The maximum Gasteiger partial charge on any atom is 0.407 e. The number of hydrogen-bond acceptors (Lipinski definition) is 6. The predicted molar refractivity (Wildman–Crippen MR) is 138 cm³/mol. The van der Waals surface area contributed by atoms with Crippen LogP contribution < -0.4 is 10.6 Å². The lowest BCUT2D eigenvalue weighted by Crippen LogP contribution is -2.52. The van der Waals surface area contributed by atoms with E-state index in [2.05, 4.69) is 10.6 Å². The minimum absolute atomic E-state index is 0.124. The zero-order valence-electron chi connectivity index (χ0n) is 23.2. The Morgan fingerprint density at radius 3 is 1.31 bits per heavy atom. The third-order valence-electron chi connectivity index (χ3n) is 8.22. The van der Waals surface area contributed by atoms with E-state index >= 15 is 0 Å². The van der Waals surface area contributed by atoms with E-state index in [4.69, 9.17) is 9.47 Å². The molecule has 0 saturated heterocycles. The number of carbonyl (C=O) groups excluding carboxylic acids is 2. The van der Waals surface area contributed by atoms with Crippen LogP contribution in [-0.2, 0) is 9.47 Å². The van der Waals surface area contributed by atoms with Crippen LogP contribution in [0.4, 0.5) is 9.59 Å². The molecule has 0 aromatic heterocycles. The van der Waals surface area contributed by atoms with Crippen LogP contribution in [0, 0.1) is 23.7 Å². The van der Waals surface area contributed by atoms with E-state index in [1.165, 1.54) is 25.7 Å². The van der Waals surface area contributed by atoms with E-state index in [0.29, 0.717) is 23.7 Å². The number of carbonyl (C=O) groups is 2. The number of amides is 2. The van der Waals surface area contributed by atoms with Gasteiger partial charge in [-0.15, -0.1) is 0 Å². The van der Waals surface area contributed by atoms with Crippen LogP contribution in [0.1, 0.15) is 106 Å². The van der Waals surface area contributed by atoms with Crippen molar-refractivity contribution in [3.8, 4) is 0 Å². The van der Waals surface area contributed by atoms with Gasteiger partial charge in [0.25, 0.3) is 0 Å². The standard InChI is InChI=1S/2C14H25NO3/c2*1-14(2,3)18-13(17)15-12-10-6-4-5-9(10)7-8-11(12)16/h2*9-12,16H,4-8H2,1-3H3,(H,15,17)/t9-,10-,11+,12-;9-,10-,11-,12-/m00/s1. The number of alkyl carbamates (subject to hydrolysis) is 2. The van der Waals surface area contributed by atoms with E-state index < -0.39 is 35.6 Å². The quantitative estimate of drug-likeness (QED) is 0.420. The molecular weight excluding hydrogens is 460 g/mol. The van der Waals surface area contributed by atoms with E-state index in [9.17, 15) is 19.8 Å². The highest BCUT2D eigenvalue weighted by Crippen LogP contribution is 2.43. The van der Waals surface area contributed by atoms with Gasteiger partial charge in [0, 0.05) is 0 Å². The molecule has 0 aromatic rings. The zero-order valence-corrected chi connectivity index (χ0v) is 23.2. The first-order valence-electron chi connectivity index (χ1n) is 14.1. The summed E-state index contributed by atoms with van der Waals surface area (Å²) >= 11 is 0. The molecule has 4 fully saturated rings. The third kappa shape index (κ3) is 8.23. The Balaban J connectivity index is 0.000000201. The SMILES string of the molecule is CC(C)(C)OC(=O)N[C@H]1[C@H]2CCC[C@H]2CC[C@@H]1O.CC(C)(C)OC(=O)N[C@H]1[C@H]2CCC[C@H]2CC[C@H]1O. The van der Waals surface area contributed by atoms with Crippen molar-refractivity contribution in [1.82, 2.24) is 10.6 Å². The van der Waals surface area contributed by atoms with Crippen LogP contribution in [0.2, 0.25) is 0 Å². The molecule has 4 N–H and O–H groups in total. The number of hydrogen-bond donors (Lipinski definition) is 4. The average molecular weight is 511 g/mol. The Hall–Kier alpha value is -1.54. The van der Waals surface area contributed by atoms with E-state index in [1.807, 2.05) is 41.5 Å². The number of aliphatic hydroxyl groups excluding tert-OH is 2. The number of ether oxygens (including phenoxy) is 2. The summed E-state index contributed by atoms with van der Waals surface area (Å²) < 4.78 is 10.6. The first-order valence-corrected chi connectivity index (χ1v) is 14.1. The maximum absolute atomic E-state index is 11.8. The normalized spacial score (nSPS) is 36.0. The molecule has 36 heavy (non-hydrogen) atoms. The van der Waals surface area contributed by atoms with Gasteiger partial charge in [-0.1, -0.05) is 25.7 Å². The van der Waals surface area contributed by atoms with Crippen molar-refractivity contribution in [1.29, 1.82) is 0 Å². The van der Waals surface area contributed by atoms with Crippen LogP contribution in [0.25, 0.3) is 0 Å². The Bertz CT molecular complexity index is 683. The summed E-state index contributed by atoms with van der Waals surface area (Å²) in [6.45, 7) is 11.1. The molecule has 0 aliphatic heterocycles. The van der Waals surface area contributed by atoms with Gasteiger partial charge in [-0.05, 0) is 104 Å². The van der Waals surface area contributed by atoms with Crippen molar-refractivity contribution in [3.63, 3.8) is 0 Å². The second-order valence-corrected chi connectivity index (χ2v) is 13.3. The molecule has 2 amide bonds. The van der Waals surface area contributed by atoms with E-state index in [0.717, 1.165) is 38.5 Å². The first-order chi connectivity index (χ1) is 16.7. The Morgan fingerprint density at radius 1 is 0.611 bits per heavy atom. The highest BCUT2D eigenvalue weighted by Gasteiger charge is 2.43. The van der Waals surface area contributed by atoms with Gasteiger partial charge in [-0.25, -0.2) is 9.59 Å². The topological polar surface area (TPSA) is 117 Å². The molecule has 8 atom stereocenters. The van der Waals surface area contributed by atoms with Crippen molar-refractivity contribution in [2.75, 3.05) is 0 Å². The van der Waals surface area contributed by atoms with Gasteiger partial charge >= 0.3 is 12.2 Å². The largest absolute Gasteiger partial charge is 0.444 e. The van der Waals surface area contributed by atoms with Gasteiger partial charge in [0.1, 0.15) is 11.2 Å². The van der Waals surface area contributed by atoms with Crippen LogP contribution in [0.3, 0.4) is 0 Å². The average Bonchev–Trinajstić information content (AvgIpc) is 3.39. The smallest absolute Gasteiger partial charge is 0.407 e. The van der Waals surface area contributed by atoms with Crippen molar-refractivity contribution in [2.45, 2.75) is 141 Å². The van der Waals surface area contributed by atoms with Gasteiger partial charge in [0.05, 0.1) is 24.3 Å². The first kappa shape index (κ1) is 29.0. The van der Waals surface area contributed by atoms with E-state index in [1.54, 1.807) is 0 Å². The fraction of sp³-hybridized carbons (Fsp3) is 0.929. The Labute approximate surface area is 217 Å². The van der Waals surface area contributed by atoms with Gasteiger partial charge < -0.3 is 30.3 Å². The number of aliphatic hydroxyl groups is 2. The van der Waals surface area contributed by atoms with Crippen LogP contribution in [0.15, 0.2) is 0 Å². The molecule has 4 rings (SSSR count). The summed E-state index contributed by atoms with van der Waals surface area (Å²) in [6.07, 6.45) is 9.27. The number of fused-ring (bicyclic) bond motifs is 2. The lowest BCUT2D eigenvalue weighted by atomic mass is 9.76. The van der Waals surface area contributed by atoms with Crippen LogP contribution >= 0.6 is 0 Å².